The Morgan fingerprint density at radius 2 is 1.95 bits per heavy atom. The number of carbonyl (C=O) groups is 1. The molecule has 1 aliphatic carbocycles. The third kappa shape index (κ3) is 5.39. The Balaban J connectivity index is 1.37. The van der Waals surface area contributed by atoms with Gasteiger partial charge in [0.15, 0.2) is 0 Å². The largest absolute Gasteiger partial charge is 0.455 e. The van der Waals surface area contributed by atoms with Crippen LogP contribution in [-0.4, -0.2) is 84.1 Å². The van der Waals surface area contributed by atoms with Crippen LogP contribution >= 0.6 is 0 Å². The van der Waals surface area contributed by atoms with Crippen molar-refractivity contribution in [3.05, 3.63) is 66.4 Å². The van der Waals surface area contributed by atoms with Gasteiger partial charge in [-0.1, -0.05) is 43.0 Å². The lowest BCUT2D eigenvalue weighted by Gasteiger charge is -2.44. The molecule has 3 heterocycles. The summed E-state index contributed by atoms with van der Waals surface area (Å²) in [5, 5.41) is 12.0. The fourth-order valence-electron chi connectivity index (χ4n) is 6.75. The first-order valence-electron chi connectivity index (χ1n) is 14.9. The highest BCUT2D eigenvalue weighted by Gasteiger charge is 2.41. The summed E-state index contributed by atoms with van der Waals surface area (Å²) in [5.41, 5.74) is 3.04. The Kier molecular flexibility index (Phi) is 7.74. The third-order valence-corrected chi connectivity index (χ3v) is 8.87. The molecule has 1 atom stereocenters. The number of carbonyl (C=O) groups excluding carboxylic acids is 1. The molecule has 0 N–H and O–H groups in total. The fourth-order valence-corrected chi connectivity index (χ4v) is 6.75. The van der Waals surface area contributed by atoms with Gasteiger partial charge in [0.2, 0.25) is 5.91 Å². The molecule has 42 heavy (non-hydrogen) atoms. The van der Waals surface area contributed by atoms with Crippen molar-refractivity contribution in [1.29, 1.82) is 5.26 Å². The molecule has 9 heteroatoms. The Morgan fingerprint density at radius 1 is 1.14 bits per heavy atom. The Morgan fingerprint density at radius 3 is 2.69 bits per heavy atom. The van der Waals surface area contributed by atoms with Gasteiger partial charge >= 0.3 is 6.01 Å². The van der Waals surface area contributed by atoms with Crippen LogP contribution in [0.2, 0.25) is 0 Å². The summed E-state index contributed by atoms with van der Waals surface area (Å²) in [7, 11) is 4.15. The van der Waals surface area contributed by atoms with Gasteiger partial charge in [-0.3, -0.25) is 4.79 Å². The predicted octanol–water partition coefficient (Wildman–Crippen LogP) is 4.17. The minimum atomic E-state index is -0.280. The van der Waals surface area contributed by atoms with Gasteiger partial charge in [0.1, 0.15) is 11.4 Å². The van der Waals surface area contributed by atoms with Crippen LogP contribution < -0.4 is 14.5 Å². The fraction of sp³-hybridized carbons (Fsp3) is 0.455. The standard InChI is InChI=1S/C33H39N7O2/c1-4-30(41)40-20-19-39(21-25(40)13-17-34)31-27-14-18-38(29-12-7-10-24-9-5-6-11-26(24)29)22-28(27)35-32(36-31)42-33(15-8-16-33)23-37(2)3/h4-7,9-12,25H,1,8,13-16,18-23H2,2-3H3. The molecule has 9 nitrogen and oxygen atoms in total. The van der Waals surface area contributed by atoms with Crippen molar-refractivity contribution < 1.29 is 9.53 Å². The van der Waals surface area contributed by atoms with Crippen molar-refractivity contribution in [3.63, 3.8) is 0 Å². The van der Waals surface area contributed by atoms with Gasteiger partial charge in [0.05, 0.1) is 30.8 Å². The van der Waals surface area contributed by atoms with Crippen LogP contribution in [0.1, 0.15) is 36.9 Å². The Bertz CT molecular complexity index is 1520. The van der Waals surface area contributed by atoms with Gasteiger partial charge in [-0.25, -0.2) is 0 Å². The van der Waals surface area contributed by atoms with Crippen molar-refractivity contribution in [3.8, 4) is 12.1 Å². The summed E-state index contributed by atoms with van der Waals surface area (Å²) < 4.78 is 6.67. The van der Waals surface area contributed by atoms with E-state index in [0.29, 0.717) is 32.2 Å². The van der Waals surface area contributed by atoms with Crippen molar-refractivity contribution in [2.45, 2.75) is 50.3 Å². The number of amides is 1. The molecule has 0 spiro atoms. The van der Waals surface area contributed by atoms with E-state index in [4.69, 9.17) is 14.7 Å². The van der Waals surface area contributed by atoms with Crippen molar-refractivity contribution in [1.82, 2.24) is 19.8 Å². The number of rotatable bonds is 8. The molecular formula is C33H39N7O2. The summed E-state index contributed by atoms with van der Waals surface area (Å²) in [5.74, 6) is 0.741. The van der Waals surface area contributed by atoms with Crippen LogP contribution in [-0.2, 0) is 17.8 Å². The zero-order valence-electron chi connectivity index (χ0n) is 24.6. The Labute approximate surface area is 248 Å². The number of nitriles is 1. The van der Waals surface area contributed by atoms with Gasteiger partial charge in [-0.05, 0) is 57.3 Å². The highest BCUT2D eigenvalue weighted by Crippen LogP contribution is 2.39. The molecule has 1 amide bonds. The highest BCUT2D eigenvalue weighted by atomic mass is 16.5. The summed E-state index contributed by atoms with van der Waals surface area (Å²) in [4.78, 5) is 31.3. The third-order valence-electron chi connectivity index (χ3n) is 8.87. The molecule has 0 bridgehead atoms. The van der Waals surface area contributed by atoms with E-state index in [2.05, 4.69) is 83.9 Å². The number of benzene rings is 2. The molecule has 3 aromatic rings. The van der Waals surface area contributed by atoms with Crippen molar-refractivity contribution in [2.75, 3.05) is 56.6 Å². The van der Waals surface area contributed by atoms with E-state index in [1.54, 1.807) is 4.90 Å². The lowest BCUT2D eigenvalue weighted by Crippen LogP contribution is -2.55. The van der Waals surface area contributed by atoms with Crippen LogP contribution in [0.4, 0.5) is 11.5 Å². The van der Waals surface area contributed by atoms with E-state index in [1.807, 2.05) is 0 Å². The van der Waals surface area contributed by atoms with Crippen LogP contribution in [0.15, 0.2) is 55.1 Å². The second-order valence-electron chi connectivity index (χ2n) is 12.0. The second-order valence-corrected chi connectivity index (χ2v) is 12.0. The number of anilines is 2. The maximum absolute atomic E-state index is 12.6. The minimum absolute atomic E-state index is 0.134. The first kappa shape index (κ1) is 28.0. The molecule has 6 rings (SSSR count). The predicted molar refractivity (Wildman–Crippen MR) is 165 cm³/mol. The average molecular weight is 566 g/mol. The van der Waals surface area contributed by atoms with Gasteiger partial charge in [0, 0.05) is 49.4 Å². The summed E-state index contributed by atoms with van der Waals surface area (Å²) in [6.45, 7) is 7.66. The van der Waals surface area contributed by atoms with Gasteiger partial charge < -0.3 is 24.3 Å². The smallest absolute Gasteiger partial charge is 0.319 e. The van der Waals surface area contributed by atoms with Crippen LogP contribution in [0.25, 0.3) is 10.8 Å². The first-order valence-corrected chi connectivity index (χ1v) is 14.9. The van der Waals surface area contributed by atoms with Crippen LogP contribution in [0.5, 0.6) is 6.01 Å². The summed E-state index contributed by atoms with van der Waals surface area (Å²) in [6.07, 6.45) is 5.49. The normalized spacial score (nSPS) is 19.7. The number of likely N-dealkylation sites (N-methyl/N-ethyl adjacent to an activating group) is 1. The monoisotopic (exact) mass is 565 g/mol. The maximum Gasteiger partial charge on any atom is 0.319 e. The SMILES string of the molecule is C=CC(=O)N1CCN(c2nc(OC3(CN(C)C)CCC3)nc3c2CCN(c2cccc4ccccc24)C3)CC1CC#N. The van der Waals surface area contributed by atoms with Gasteiger partial charge in [-0.15, -0.1) is 0 Å². The summed E-state index contributed by atoms with van der Waals surface area (Å²) >= 11 is 0. The summed E-state index contributed by atoms with van der Waals surface area (Å²) in [6, 6.07) is 17.4. The highest BCUT2D eigenvalue weighted by molar-refractivity contribution is 5.94. The number of fused-ring (bicyclic) bond motifs is 2. The van der Waals surface area contributed by atoms with E-state index in [1.165, 1.54) is 22.5 Å². The molecule has 1 saturated carbocycles. The lowest BCUT2D eigenvalue weighted by atomic mass is 9.79. The van der Waals surface area contributed by atoms with Crippen LogP contribution in [0.3, 0.4) is 0 Å². The quantitative estimate of drug-likeness (QED) is 0.376. The molecule has 1 aromatic heterocycles. The molecule has 1 unspecified atom stereocenters. The van der Waals surface area contributed by atoms with E-state index in [0.717, 1.165) is 55.8 Å². The number of hydrogen-bond donors (Lipinski definition) is 0. The number of piperazine rings is 1. The molecule has 2 fully saturated rings. The molecule has 2 aromatic carbocycles. The van der Waals surface area contributed by atoms with E-state index < -0.39 is 0 Å². The number of ether oxygens (including phenoxy) is 1. The van der Waals surface area contributed by atoms with Crippen molar-refractivity contribution >= 4 is 28.2 Å². The number of nitrogens with zero attached hydrogens (tertiary/aromatic N) is 7. The topological polar surface area (TPSA) is 88.8 Å². The molecule has 2 aliphatic heterocycles. The zero-order valence-corrected chi connectivity index (χ0v) is 24.6. The average Bonchev–Trinajstić information content (AvgIpc) is 2.98. The minimum Gasteiger partial charge on any atom is -0.455 e. The number of hydrogen-bond acceptors (Lipinski definition) is 8. The molecule has 3 aliphatic rings. The molecular weight excluding hydrogens is 526 g/mol. The van der Waals surface area contributed by atoms with E-state index in [-0.39, 0.29) is 24.0 Å². The molecule has 1 saturated heterocycles. The van der Waals surface area contributed by atoms with E-state index in [9.17, 15) is 10.1 Å². The van der Waals surface area contributed by atoms with Crippen LogP contribution in [0, 0.1) is 11.3 Å². The van der Waals surface area contributed by atoms with Gasteiger partial charge in [-0.2, -0.15) is 15.2 Å². The Hall–Kier alpha value is -4.16. The first-order chi connectivity index (χ1) is 20.4. The maximum atomic E-state index is 12.6. The number of aromatic nitrogens is 2. The molecule has 0 radical (unpaired) electrons. The lowest BCUT2D eigenvalue weighted by molar-refractivity contribution is -0.128. The van der Waals surface area contributed by atoms with Gasteiger partial charge in [0.25, 0.3) is 0 Å². The molecule has 218 valence electrons. The zero-order chi connectivity index (χ0) is 29.3. The van der Waals surface area contributed by atoms with Crippen molar-refractivity contribution in [2.24, 2.45) is 0 Å². The second kappa shape index (κ2) is 11.6. The van der Waals surface area contributed by atoms with E-state index >= 15 is 0 Å².